The number of nitrogens with zero attached hydrogens (tertiary/aromatic N) is 2. The SMILES string of the molecule is C=C(CC(C)(C)C)Nc1cncc(-c2ccc3[nH]nc(-c4cc5ccccc5[nH]4)c3c2)c1. The monoisotopic (exact) mass is 421 g/mol. The summed E-state index contributed by atoms with van der Waals surface area (Å²) in [4.78, 5) is 7.94. The lowest BCUT2D eigenvalue weighted by Crippen LogP contribution is -2.10. The summed E-state index contributed by atoms with van der Waals surface area (Å²) in [5.74, 6) is 0. The molecule has 160 valence electrons. The van der Waals surface area contributed by atoms with Crippen LogP contribution in [-0.4, -0.2) is 20.2 Å². The molecule has 5 rings (SSSR count). The Balaban J connectivity index is 1.49. The number of pyridine rings is 1. The molecule has 0 spiro atoms. The van der Waals surface area contributed by atoms with E-state index in [0.29, 0.717) is 0 Å². The number of rotatable bonds is 5. The third kappa shape index (κ3) is 4.02. The van der Waals surface area contributed by atoms with Crippen LogP contribution in [0.1, 0.15) is 27.2 Å². The van der Waals surface area contributed by atoms with E-state index in [1.807, 2.05) is 24.5 Å². The van der Waals surface area contributed by atoms with Gasteiger partial charge in [-0.2, -0.15) is 5.10 Å². The number of allylic oxidation sites excluding steroid dienone is 1. The number of H-pyrrole nitrogens is 2. The van der Waals surface area contributed by atoms with Crippen molar-refractivity contribution in [2.45, 2.75) is 27.2 Å². The van der Waals surface area contributed by atoms with E-state index in [1.165, 1.54) is 5.39 Å². The molecule has 0 amide bonds. The van der Waals surface area contributed by atoms with Crippen molar-refractivity contribution in [2.24, 2.45) is 5.41 Å². The van der Waals surface area contributed by atoms with Gasteiger partial charge < -0.3 is 10.3 Å². The van der Waals surface area contributed by atoms with Gasteiger partial charge in [-0.3, -0.25) is 10.1 Å². The highest BCUT2D eigenvalue weighted by molar-refractivity contribution is 5.97. The van der Waals surface area contributed by atoms with Gasteiger partial charge in [0.2, 0.25) is 0 Å². The number of para-hydroxylation sites is 1. The first-order chi connectivity index (χ1) is 15.4. The first-order valence-corrected chi connectivity index (χ1v) is 10.8. The molecule has 0 aliphatic carbocycles. The van der Waals surface area contributed by atoms with E-state index < -0.39 is 0 Å². The standard InChI is InChI=1S/C27H27N5/c1-17(14-27(2,3)4)29-21-11-20(15-28-16-21)18-9-10-24-22(12-18)26(32-31-24)25-13-19-7-5-6-8-23(19)30-25/h5-13,15-16,29-30H,1,14H2,2-4H3,(H,31,32). The fraction of sp³-hybridized carbons (Fsp3) is 0.185. The zero-order valence-electron chi connectivity index (χ0n) is 18.7. The van der Waals surface area contributed by atoms with Gasteiger partial charge in [-0.25, -0.2) is 0 Å². The fourth-order valence-electron chi connectivity index (χ4n) is 4.15. The molecular weight excluding hydrogens is 394 g/mol. The van der Waals surface area contributed by atoms with Gasteiger partial charge in [0.25, 0.3) is 0 Å². The molecule has 0 unspecified atom stereocenters. The predicted molar refractivity (Wildman–Crippen MR) is 133 cm³/mol. The maximum atomic E-state index is 4.59. The Morgan fingerprint density at radius 2 is 1.81 bits per heavy atom. The molecule has 0 radical (unpaired) electrons. The number of anilines is 1. The summed E-state index contributed by atoms with van der Waals surface area (Å²) in [6.45, 7) is 10.8. The molecule has 2 aromatic carbocycles. The minimum atomic E-state index is 0.181. The second kappa shape index (κ2) is 7.68. The smallest absolute Gasteiger partial charge is 0.116 e. The average Bonchev–Trinajstić information content (AvgIpc) is 3.35. The second-order valence-electron chi connectivity index (χ2n) is 9.53. The number of aromatic nitrogens is 4. The Morgan fingerprint density at radius 3 is 2.62 bits per heavy atom. The third-order valence-electron chi connectivity index (χ3n) is 5.48. The molecule has 0 aliphatic rings. The van der Waals surface area contributed by atoms with Crippen molar-refractivity contribution in [1.82, 2.24) is 20.2 Å². The summed E-state index contributed by atoms with van der Waals surface area (Å²) in [7, 11) is 0. The minimum absolute atomic E-state index is 0.181. The van der Waals surface area contributed by atoms with E-state index in [1.54, 1.807) is 0 Å². The molecule has 0 saturated carbocycles. The van der Waals surface area contributed by atoms with Crippen LogP contribution in [0.25, 0.3) is 44.3 Å². The Kier molecular flexibility index (Phi) is 4.82. The molecule has 5 heteroatoms. The molecule has 32 heavy (non-hydrogen) atoms. The van der Waals surface area contributed by atoms with Crippen LogP contribution in [-0.2, 0) is 0 Å². The average molecular weight is 422 g/mol. The molecule has 0 fully saturated rings. The van der Waals surface area contributed by atoms with E-state index >= 15 is 0 Å². The van der Waals surface area contributed by atoms with Gasteiger partial charge in [-0.15, -0.1) is 0 Å². The van der Waals surface area contributed by atoms with E-state index in [4.69, 9.17) is 0 Å². The molecule has 3 N–H and O–H groups in total. The van der Waals surface area contributed by atoms with Crippen LogP contribution in [0.3, 0.4) is 0 Å². The molecule has 3 heterocycles. The summed E-state index contributed by atoms with van der Waals surface area (Å²) in [6.07, 6.45) is 4.62. The van der Waals surface area contributed by atoms with E-state index in [9.17, 15) is 0 Å². The molecule has 0 aliphatic heterocycles. The van der Waals surface area contributed by atoms with E-state index in [-0.39, 0.29) is 5.41 Å². The lowest BCUT2D eigenvalue weighted by Gasteiger charge is -2.20. The van der Waals surface area contributed by atoms with Gasteiger partial charge in [0.1, 0.15) is 5.69 Å². The normalized spacial score (nSPS) is 11.8. The highest BCUT2D eigenvalue weighted by atomic mass is 15.1. The van der Waals surface area contributed by atoms with Crippen LogP contribution in [0.2, 0.25) is 0 Å². The zero-order valence-corrected chi connectivity index (χ0v) is 18.7. The van der Waals surface area contributed by atoms with E-state index in [2.05, 4.69) is 95.3 Å². The van der Waals surface area contributed by atoms with Gasteiger partial charge in [0.05, 0.1) is 23.1 Å². The molecule has 0 saturated heterocycles. The first-order valence-electron chi connectivity index (χ1n) is 10.8. The Labute approximate surface area is 187 Å². The van der Waals surface area contributed by atoms with Crippen molar-refractivity contribution in [1.29, 1.82) is 0 Å². The summed E-state index contributed by atoms with van der Waals surface area (Å²) in [6, 6.07) is 18.9. The Morgan fingerprint density at radius 1 is 0.969 bits per heavy atom. The quantitative estimate of drug-likeness (QED) is 0.282. The number of benzene rings is 2. The van der Waals surface area contributed by atoms with Crippen LogP contribution in [0.4, 0.5) is 5.69 Å². The van der Waals surface area contributed by atoms with Crippen LogP contribution < -0.4 is 5.32 Å². The number of nitrogens with one attached hydrogen (secondary N) is 3. The number of aromatic amines is 2. The lowest BCUT2D eigenvalue weighted by molar-refractivity contribution is 0.411. The van der Waals surface area contributed by atoms with Crippen molar-refractivity contribution in [3.05, 3.63) is 79.3 Å². The summed E-state index contributed by atoms with van der Waals surface area (Å²) < 4.78 is 0. The van der Waals surface area contributed by atoms with Crippen LogP contribution in [0.5, 0.6) is 0 Å². The maximum Gasteiger partial charge on any atom is 0.116 e. The van der Waals surface area contributed by atoms with Gasteiger partial charge in [0.15, 0.2) is 0 Å². The fourth-order valence-corrected chi connectivity index (χ4v) is 4.15. The summed E-state index contributed by atoms with van der Waals surface area (Å²) in [5, 5.41) is 13.4. The topological polar surface area (TPSA) is 69.4 Å². The highest BCUT2D eigenvalue weighted by Gasteiger charge is 2.14. The van der Waals surface area contributed by atoms with Gasteiger partial charge in [-0.1, -0.05) is 51.6 Å². The first kappa shape index (κ1) is 20.1. The zero-order chi connectivity index (χ0) is 22.3. The van der Waals surface area contributed by atoms with Crippen molar-refractivity contribution in [3.63, 3.8) is 0 Å². The highest BCUT2D eigenvalue weighted by Crippen LogP contribution is 2.32. The minimum Gasteiger partial charge on any atom is -0.358 e. The number of fused-ring (bicyclic) bond motifs is 2. The Hall–Kier alpha value is -3.86. The molecular formula is C27H27N5. The van der Waals surface area contributed by atoms with Crippen molar-refractivity contribution < 1.29 is 0 Å². The third-order valence-corrected chi connectivity index (χ3v) is 5.48. The molecule has 5 aromatic rings. The largest absolute Gasteiger partial charge is 0.358 e. The number of hydrogen-bond acceptors (Lipinski definition) is 3. The van der Waals surface area contributed by atoms with Crippen LogP contribution in [0, 0.1) is 5.41 Å². The predicted octanol–water partition coefficient (Wildman–Crippen LogP) is 7.14. The molecule has 3 aromatic heterocycles. The van der Waals surface area contributed by atoms with Crippen molar-refractivity contribution in [2.75, 3.05) is 5.32 Å². The summed E-state index contributed by atoms with van der Waals surface area (Å²) >= 11 is 0. The summed E-state index contributed by atoms with van der Waals surface area (Å²) in [5.41, 5.74) is 8.28. The molecule has 0 atom stereocenters. The molecule has 0 bridgehead atoms. The van der Waals surface area contributed by atoms with Crippen molar-refractivity contribution in [3.8, 4) is 22.5 Å². The van der Waals surface area contributed by atoms with Gasteiger partial charge in [0, 0.05) is 33.7 Å². The lowest BCUT2D eigenvalue weighted by atomic mass is 9.91. The van der Waals surface area contributed by atoms with Gasteiger partial charge >= 0.3 is 0 Å². The maximum absolute atomic E-state index is 4.59. The Bertz CT molecular complexity index is 1400. The van der Waals surface area contributed by atoms with Gasteiger partial charge in [-0.05, 0) is 47.7 Å². The van der Waals surface area contributed by atoms with Crippen molar-refractivity contribution >= 4 is 27.5 Å². The molecule has 5 nitrogen and oxygen atoms in total. The van der Waals surface area contributed by atoms with Crippen LogP contribution in [0.15, 0.2) is 79.3 Å². The van der Waals surface area contributed by atoms with Crippen LogP contribution >= 0.6 is 0 Å². The number of hydrogen-bond donors (Lipinski definition) is 3. The van der Waals surface area contributed by atoms with E-state index in [0.717, 1.165) is 56.7 Å². The second-order valence-corrected chi connectivity index (χ2v) is 9.53.